The van der Waals surface area contributed by atoms with Crippen LogP contribution >= 0.6 is 15.9 Å². The number of nitrogen functional groups attached to an aromatic ring is 1. The zero-order chi connectivity index (χ0) is 12.1. The summed E-state index contributed by atoms with van der Waals surface area (Å²) in [6.07, 6.45) is 6.46. The Bertz CT molecular complexity index is 490. The highest BCUT2D eigenvalue weighted by Crippen LogP contribution is 2.16. The molecule has 6 nitrogen and oxygen atoms in total. The lowest BCUT2D eigenvalue weighted by Crippen LogP contribution is -2.09. The Hall–Kier alpha value is -1.73. The fourth-order valence-electron chi connectivity index (χ4n) is 1.13. The van der Waals surface area contributed by atoms with Crippen molar-refractivity contribution < 1.29 is 4.74 Å². The smallest absolute Gasteiger partial charge is 0.158 e. The molecular formula is C10H10BrN5O. The molecule has 0 aromatic carbocycles. The van der Waals surface area contributed by atoms with Crippen LogP contribution in [0.4, 0.5) is 5.82 Å². The van der Waals surface area contributed by atoms with Gasteiger partial charge in [-0.3, -0.25) is 9.97 Å². The number of nitrogens with two attached hydrogens (primary N) is 1. The van der Waals surface area contributed by atoms with Crippen LogP contribution in [0.25, 0.3) is 0 Å². The first-order valence-electron chi connectivity index (χ1n) is 4.79. The number of hydrazine groups is 1. The second-order valence-corrected chi connectivity index (χ2v) is 4.08. The largest absolute Gasteiger partial charge is 0.486 e. The van der Waals surface area contributed by atoms with Crippen molar-refractivity contribution in [3.63, 3.8) is 0 Å². The third kappa shape index (κ3) is 3.36. The van der Waals surface area contributed by atoms with Gasteiger partial charge in [-0.05, 0) is 22.0 Å². The van der Waals surface area contributed by atoms with Crippen LogP contribution < -0.4 is 16.0 Å². The van der Waals surface area contributed by atoms with Gasteiger partial charge in [0, 0.05) is 10.7 Å². The maximum Gasteiger partial charge on any atom is 0.158 e. The number of hydrogen-bond acceptors (Lipinski definition) is 6. The van der Waals surface area contributed by atoms with E-state index in [4.69, 9.17) is 10.6 Å². The standard InChI is InChI=1S/C10H10BrN5O/c11-7-1-9(4-13-2-7)17-6-8-3-15-10(16-12)5-14-8/h1-5H,6,12H2,(H,15,16). The summed E-state index contributed by atoms with van der Waals surface area (Å²) in [4.78, 5) is 12.1. The Morgan fingerprint density at radius 1 is 1.24 bits per heavy atom. The molecule has 88 valence electrons. The molecule has 0 aliphatic carbocycles. The molecule has 0 fully saturated rings. The van der Waals surface area contributed by atoms with Gasteiger partial charge in [-0.2, -0.15) is 0 Å². The van der Waals surface area contributed by atoms with Gasteiger partial charge in [0.05, 0.1) is 24.3 Å². The molecule has 0 saturated carbocycles. The van der Waals surface area contributed by atoms with Crippen molar-refractivity contribution in [2.45, 2.75) is 6.61 Å². The van der Waals surface area contributed by atoms with Crippen molar-refractivity contribution in [1.82, 2.24) is 15.0 Å². The van der Waals surface area contributed by atoms with E-state index in [1.165, 1.54) is 6.20 Å². The Balaban J connectivity index is 1.97. The first-order chi connectivity index (χ1) is 8.28. The van der Waals surface area contributed by atoms with Gasteiger partial charge in [-0.15, -0.1) is 0 Å². The van der Waals surface area contributed by atoms with Gasteiger partial charge in [0.25, 0.3) is 0 Å². The second kappa shape index (κ2) is 5.55. The average molecular weight is 296 g/mol. The zero-order valence-corrected chi connectivity index (χ0v) is 10.4. The summed E-state index contributed by atoms with van der Waals surface area (Å²) in [5.41, 5.74) is 3.12. The zero-order valence-electron chi connectivity index (χ0n) is 8.80. The van der Waals surface area contributed by atoms with E-state index in [0.29, 0.717) is 23.9 Å². The molecule has 0 saturated heterocycles. The Morgan fingerprint density at radius 3 is 2.76 bits per heavy atom. The molecule has 0 radical (unpaired) electrons. The quantitative estimate of drug-likeness (QED) is 0.657. The molecule has 17 heavy (non-hydrogen) atoms. The molecular weight excluding hydrogens is 286 g/mol. The van der Waals surface area contributed by atoms with Gasteiger partial charge in [0.1, 0.15) is 12.4 Å². The van der Waals surface area contributed by atoms with Crippen LogP contribution in [-0.2, 0) is 6.61 Å². The number of rotatable bonds is 4. The lowest BCUT2D eigenvalue weighted by Gasteiger charge is -2.05. The highest BCUT2D eigenvalue weighted by atomic mass is 79.9. The molecule has 0 unspecified atom stereocenters. The molecule has 0 bridgehead atoms. The van der Waals surface area contributed by atoms with Gasteiger partial charge >= 0.3 is 0 Å². The second-order valence-electron chi connectivity index (χ2n) is 3.16. The molecule has 2 heterocycles. The normalized spacial score (nSPS) is 10.0. The third-order valence-electron chi connectivity index (χ3n) is 1.92. The van der Waals surface area contributed by atoms with E-state index in [1.54, 1.807) is 18.6 Å². The van der Waals surface area contributed by atoms with Gasteiger partial charge in [-0.25, -0.2) is 10.8 Å². The van der Waals surface area contributed by atoms with Crippen molar-refractivity contribution in [2.75, 3.05) is 5.43 Å². The summed E-state index contributed by atoms with van der Waals surface area (Å²) in [7, 11) is 0. The molecule has 2 rings (SSSR count). The number of aromatic nitrogens is 3. The number of hydrogen-bond donors (Lipinski definition) is 2. The van der Waals surface area contributed by atoms with Crippen LogP contribution in [-0.4, -0.2) is 15.0 Å². The van der Waals surface area contributed by atoms with Crippen molar-refractivity contribution in [1.29, 1.82) is 0 Å². The van der Waals surface area contributed by atoms with E-state index in [1.807, 2.05) is 6.07 Å². The van der Waals surface area contributed by atoms with Crippen molar-refractivity contribution in [3.05, 3.63) is 41.0 Å². The number of halogens is 1. The molecule has 3 N–H and O–H groups in total. The summed E-state index contributed by atoms with van der Waals surface area (Å²) in [5, 5.41) is 0. The summed E-state index contributed by atoms with van der Waals surface area (Å²) in [6.45, 7) is 0.329. The monoisotopic (exact) mass is 295 g/mol. The van der Waals surface area contributed by atoms with Crippen LogP contribution in [0.3, 0.4) is 0 Å². The number of anilines is 1. The lowest BCUT2D eigenvalue weighted by molar-refractivity contribution is 0.299. The molecule has 2 aromatic rings. The first kappa shape index (κ1) is 11.7. The highest BCUT2D eigenvalue weighted by molar-refractivity contribution is 9.10. The van der Waals surface area contributed by atoms with Crippen molar-refractivity contribution in [3.8, 4) is 5.75 Å². The SMILES string of the molecule is NNc1cnc(COc2cncc(Br)c2)cn1. The van der Waals surface area contributed by atoms with Gasteiger partial charge in [-0.1, -0.05) is 0 Å². The Morgan fingerprint density at radius 2 is 2.12 bits per heavy atom. The minimum Gasteiger partial charge on any atom is -0.486 e. The minimum absolute atomic E-state index is 0.329. The summed E-state index contributed by atoms with van der Waals surface area (Å²) >= 11 is 3.31. The first-order valence-corrected chi connectivity index (χ1v) is 5.58. The van der Waals surface area contributed by atoms with Crippen molar-refractivity contribution in [2.24, 2.45) is 5.84 Å². The highest BCUT2D eigenvalue weighted by Gasteiger charge is 1.99. The van der Waals surface area contributed by atoms with Crippen LogP contribution in [0, 0.1) is 0 Å². The fraction of sp³-hybridized carbons (Fsp3) is 0.100. The molecule has 2 aromatic heterocycles. The molecule has 0 atom stereocenters. The molecule has 0 amide bonds. The van der Waals surface area contributed by atoms with Crippen LogP contribution in [0.2, 0.25) is 0 Å². The number of nitrogens with zero attached hydrogens (tertiary/aromatic N) is 3. The fourth-order valence-corrected chi connectivity index (χ4v) is 1.48. The predicted octanol–water partition coefficient (Wildman–Crippen LogP) is 1.50. The van der Waals surface area contributed by atoms with E-state index in [2.05, 4.69) is 36.3 Å². The summed E-state index contributed by atoms with van der Waals surface area (Å²) in [5.74, 6) is 6.36. The summed E-state index contributed by atoms with van der Waals surface area (Å²) < 4.78 is 6.36. The van der Waals surface area contributed by atoms with Gasteiger partial charge < -0.3 is 10.2 Å². The van der Waals surface area contributed by atoms with Crippen LogP contribution in [0.15, 0.2) is 35.3 Å². The third-order valence-corrected chi connectivity index (χ3v) is 2.35. The van der Waals surface area contributed by atoms with E-state index < -0.39 is 0 Å². The Kier molecular flexibility index (Phi) is 3.84. The molecule has 0 aliphatic rings. The Labute approximate surface area is 106 Å². The maximum atomic E-state index is 5.50. The van der Waals surface area contributed by atoms with Gasteiger partial charge in [0.2, 0.25) is 0 Å². The number of ether oxygens (including phenoxy) is 1. The van der Waals surface area contributed by atoms with E-state index in [0.717, 1.165) is 4.47 Å². The van der Waals surface area contributed by atoms with Crippen molar-refractivity contribution >= 4 is 21.7 Å². The molecule has 0 spiro atoms. The predicted molar refractivity (Wildman–Crippen MR) is 66.1 cm³/mol. The lowest BCUT2D eigenvalue weighted by atomic mass is 10.4. The average Bonchev–Trinajstić information content (AvgIpc) is 2.37. The topological polar surface area (TPSA) is 86.0 Å². The maximum absolute atomic E-state index is 5.50. The van der Waals surface area contributed by atoms with E-state index in [9.17, 15) is 0 Å². The molecule has 0 aliphatic heterocycles. The van der Waals surface area contributed by atoms with E-state index in [-0.39, 0.29) is 0 Å². The molecule has 7 heteroatoms. The van der Waals surface area contributed by atoms with Crippen LogP contribution in [0.1, 0.15) is 5.69 Å². The number of nitrogens with one attached hydrogen (secondary N) is 1. The summed E-state index contributed by atoms with van der Waals surface area (Å²) in [6, 6.07) is 1.83. The van der Waals surface area contributed by atoms with E-state index >= 15 is 0 Å². The minimum atomic E-state index is 0.329. The van der Waals surface area contributed by atoms with Crippen LogP contribution in [0.5, 0.6) is 5.75 Å². The van der Waals surface area contributed by atoms with Gasteiger partial charge in [0.15, 0.2) is 5.82 Å². The number of pyridine rings is 1.